The average molecular weight is 315 g/mol. The third-order valence-electron chi connectivity index (χ3n) is 2.68. The molecule has 2 rings (SSSR count). The number of ether oxygens (including phenoxy) is 1. The molecule has 1 heterocycles. The van der Waals surface area contributed by atoms with Crippen LogP contribution in [0.2, 0.25) is 0 Å². The number of alkyl halides is 3. The molecule has 0 aliphatic heterocycles. The van der Waals surface area contributed by atoms with Crippen molar-refractivity contribution in [1.29, 1.82) is 5.26 Å². The van der Waals surface area contributed by atoms with Gasteiger partial charge in [0.05, 0.1) is 23.7 Å². The lowest BCUT2D eigenvalue weighted by Gasteiger charge is -2.11. The van der Waals surface area contributed by atoms with Gasteiger partial charge in [-0.25, -0.2) is 4.98 Å². The minimum absolute atomic E-state index is 0.350. The van der Waals surface area contributed by atoms with Crippen LogP contribution in [0.15, 0.2) is 23.4 Å². The molecule has 0 saturated heterocycles. The highest BCUT2D eigenvalue weighted by Crippen LogP contribution is 2.31. The van der Waals surface area contributed by atoms with Gasteiger partial charge in [0, 0.05) is 11.8 Å². The van der Waals surface area contributed by atoms with E-state index in [4.69, 9.17) is 10.00 Å². The Balaban J connectivity index is 2.11. The summed E-state index contributed by atoms with van der Waals surface area (Å²) >= 11 is 0.875. The summed E-state index contributed by atoms with van der Waals surface area (Å²) in [6, 6.07) is 6.48. The summed E-state index contributed by atoms with van der Waals surface area (Å²) in [6.07, 6.45) is -4.52. The van der Waals surface area contributed by atoms with Crippen molar-refractivity contribution in [2.45, 2.75) is 18.3 Å². The minimum Gasteiger partial charge on any atom is -0.494 e. The molecule has 1 atom stereocenters. The first-order valence-corrected chi connectivity index (χ1v) is 7.14. The maximum absolute atomic E-state index is 12.5. The molecule has 0 amide bonds. The number of nitriles is 1. The number of H-pyrrole nitrogens is 1. The number of aromatic amines is 1. The second-order valence-electron chi connectivity index (χ2n) is 4.19. The highest BCUT2D eigenvalue weighted by Gasteiger charge is 2.39. The molecule has 4 nitrogen and oxygen atoms in total. The molecule has 0 spiro atoms. The van der Waals surface area contributed by atoms with Gasteiger partial charge >= 0.3 is 6.18 Å². The van der Waals surface area contributed by atoms with Gasteiger partial charge in [0.1, 0.15) is 5.75 Å². The summed E-state index contributed by atoms with van der Waals surface area (Å²) in [5.41, 5.74) is 1.32. The number of hydrogen-bond acceptors (Lipinski definition) is 4. The molecule has 0 saturated carbocycles. The van der Waals surface area contributed by atoms with E-state index in [2.05, 4.69) is 9.97 Å². The number of nitrogens with zero attached hydrogens (tertiary/aromatic N) is 2. The molecule has 1 N–H and O–H groups in total. The van der Waals surface area contributed by atoms with Crippen molar-refractivity contribution in [3.63, 3.8) is 0 Å². The fourth-order valence-corrected chi connectivity index (χ4v) is 2.59. The summed E-state index contributed by atoms with van der Waals surface area (Å²) in [6.45, 7) is 2.38. The van der Waals surface area contributed by atoms with Gasteiger partial charge in [-0.1, -0.05) is 11.8 Å². The Hall–Kier alpha value is -1.88. The van der Waals surface area contributed by atoms with Gasteiger partial charge in [-0.05, 0) is 19.1 Å². The van der Waals surface area contributed by atoms with Crippen molar-refractivity contribution in [3.05, 3.63) is 18.2 Å². The molecule has 1 unspecified atom stereocenters. The number of benzene rings is 1. The van der Waals surface area contributed by atoms with Crippen LogP contribution in [0.1, 0.15) is 6.92 Å². The van der Waals surface area contributed by atoms with Crippen LogP contribution in [0.25, 0.3) is 11.0 Å². The first-order valence-electron chi connectivity index (χ1n) is 6.15. The van der Waals surface area contributed by atoms with Crippen LogP contribution >= 0.6 is 11.8 Å². The smallest absolute Gasteiger partial charge is 0.405 e. The number of imidazole rings is 1. The van der Waals surface area contributed by atoms with Crippen molar-refractivity contribution < 1.29 is 17.9 Å². The molecule has 21 heavy (non-hydrogen) atoms. The predicted octanol–water partition coefficient (Wildman–Crippen LogP) is 3.76. The average Bonchev–Trinajstić information content (AvgIpc) is 2.80. The lowest BCUT2D eigenvalue weighted by atomic mass is 10.2. The van der Waals surface area contributed by atoms with E-state index >= 15 is 0 Å². The quantitative estimate of drug-likeness (QED) is 0.854. The second kappa shape index (κ2) is 6.26. The molecular formula is C13H12F3N3OS. The Morgan fingerprint density at radius 2 is 2.24 bits per heavy atom. The Kier molecular flexibility index (Phi) is 4.63. The molecule has 8 heteroatoms. The molecule has 2 aromatic rings. The fourth-order valence-electron chi connectivity index (χ4n) is 1.66. The molecule has 1 aromatic carbocycles. The van der Waals surface area contributed by atoms with Crippen molar-refractivity contribution in [2.75, 3.05) is 12.4 Å². The number of rotatable bonds is 5. The lowest BCUT2D eigenvalue weighted by Crippen LogP contribution is -2.23. The largest absolute Gasteiger partial charge is 0.494 e. The Morgan fingerprint density at radius 3 is 2.86 bits per heavy atom. The maximum atomic E-state index is 12.5. The number of halogens is 3. The van der Waals surface area contributed by atoms with Crippen LogP contribution in [-0.2, 0) is 0 Å². The van der Waals surface area contributed by atoms with E-state index in [1.807, 2.05) is 6.92 Å². The van der Waals surface area contributed by atoms with Crippen LogP contribution in [0.4, 0.5) is 13.2 Å². The molecular weight excluding hydrogens is 303 g/mol. The van der Waals surface area contributed by atoms with Crippen molar-refractivity contribution in [1.82, 2.24) is 9.97 Å². The van der Waals surface area contributed by atoms with Gasteiger partial charge in [-0.15, -0.1) is 0 Å². The first kappa shape index (κ1) is 15.5. The highest BCUT2D eigenvalue weighted by atomic mass is 32.2. The predicted molar refractivity (Wildman–Crippen MR) is 73.1 cm³/mol. The normalized spacial score (nSPS) is 13.1. The summed E-state index contributed by atoms with van der Waals surface area (Å²) < 4.78 is 42.8. The van der Waals surface area contributed by atoms with E-state index in [0.717, 1.165) is 11.8 Å². The zero-order valence-electron chi connectivity index (χ0n) is 11.1. The summed E-state index contributed by atoms with van der Waals surface area (Å²) in [4.78, 5) is 7.10. The van der Waals surface area contributed by atoms with Crippen LogP contribution in [-0.4, -0.2) is 28.5 Å². The standard InChI is InChI=1S/C13H12F3N3OS/c1-2-20-9-3-4-10-11(5-9)19-12(18-10)21-7-8(6-17)13(14,15)16/h3-5,8H,2,7H2,1H3,(H,18,19). The van der Waals surface area contributed by atoms with Crippen molar-refractivity contribution in [2.24, 2.45) is 5.92 Å². The van der Waals surface area contributed by atoms with E-state index < -0.39 is 17.8 Å². The van der Waals surface area contributed by atoms with E-state index in [-0.39, 0.29) is 0 Å². The summed E-state index contributed by atoms with van der Waals surface area (Å²) in [7, 11) is 0. The van der Waals surface area contributed by atoms with E-state index in [1.54, 1.807) is 18.2 Å². The SMILES string of the molecule is CCOc1ccc2nc(SCC(C#N)C(F)(F)F)[nH]c2c1. The molecule has 0 fully saturated rings. The lowest BCUT2D eigenvalue weighted by molar-refractivity contribution is -0.152. The van der Waals surface area contributed by atoms with Crippen LogP contribution in [0.5, 0.6) is 5.75 Å². The van der Waals surface area contributed by atoms with Gasteiger partial charge in [-0.2, -0.15) is 18.4 Å². The molecule has 0 bridgehead atoms. The van der Waals surface area contributed by atoms with E-state index in [9.17, 15) is 13.2 Å². The maximum Gasteiger partial charge on any atom is 0.405 e. The third kappa shape index (κ3) is 3.82. The third-order valence-corrected chi connectivity index (χ3v) is 3.65. The van der Waals surface area contributed by atoms with Gasteiger partial charge in [0.2, 0.25) is 0 Å². The first-order chi connectivity index (χ1) is 9.94. The van der Waals surface area contributed by atoms with Crippen LogP contribution < -0.4 is 4.74 Å². The Bertz CT molecular complexity index is 663. The molecule has 0 radical (unpaired) electrons. The van der Waals surface area contributed by atoms with Gasteiger partial charge < -0.3 is 9.72 Å². The topological polar surface area (TPSA) is 61.7 Å². The highest BCUT2D eigenvalue weighted by molar-refractivity contribution is 7.99. The Morgan fingerprint density at radius 1 is 1.48 bits per heavy atom. The van der Waals surface area contributed by atoms with Crippen molar-refractivity contribution in [3.8, 4) is 11.8 Å². The minimum atomic E-state index is -4.52. The number of aromatic nitrogens is 2. The van der Waals surface area contributed by atoms with Gasteiger partial charge in [0.25, 0.3) is 0 Å². The van der Waals surface area contributed by atoms with Crippen LogP contribution in [0, 0.1) is 17.2 Å². The number of nitrogens with one attached hydrogen (secondary N) is 1. The second-order valence-corrected chi connectivity index (χ2v) is 5.20. The fraction of sp³-hybridized carbons (Fsp3) is 0.385. The zero-order valence-corrected chi connectivity index (χ0v) is 11.9. The number of fused-ring (bicyclic) bond motifs is 1. The van der Waals surface area contributed by atoms with Crippen molar-refractivity contribution >= 4 is 22.8 Å². The van der Waals surface area contributed by atoms with Gasteiger partial charge in [-0.3, -0.25) is 0 Å². The van der Waals surface area contributed by atoms with Gasteiger partial charge in [0.15, 0.2) is 11.1 Å². The molecule has 0 aliphatic rings. The zero-order chi connectivity index (χ0) is 15.5. The molecule has 1 aromatic heterocycles. The number of thioether (sulfide) groups is 1. The molecule has 112 valence electrons. The molecule has 0 aliphatic carbocycles. The van der Waals surface area contributed by atoms with E-state index in [0.29, 0.717) is 28.5 Å². The summed E-state index contributed by atoms with van der Waals surface area (Å²) in [5.74, 6) is -1.73. The monoisotopic (exact) mass is 315 g/mol. The summed E-state index contributed by atoms with van der Waals surface area (Å²) in [5, 5.41) is 8.89. The van der Waals surface area contributed by atoms with E-state index in [1.165, 1.54) is 6.07 Å². The van der Waals surface area contributed by atoms with Crippen LogP contribution in [0.3, 0.4) is 0 Å². The Labute approximate surface area is 123 Å². The number of hydrogen-bond donors (Lipinski definition) is 1.